The Hall–Kier alpha value is -0.810. The molecule has 0 unspecified atom stereocenters. The van der Waals surface area contributed by atoms with Crippen molar-refractivity contribution in [1.82, 2.24) is 4.90 Å². The Morgan fingerprint density at radius 3 is 2.45 bits per heavy atom. The second-order valence-electron chi connectivity index (χ2n) is 7.67. The van der Waals surface area contributed by atoms with Crippen LogP contribution in [-0.2, 0) is 14.2 Å². The first kappa shape index (κ1) is 15.6. The van der Waals surface area contributed by atoms with E-state index in [0.29, 0.717) is 13.2 Å². The van der Waals surface area contributed by atoms with Crippen LogP contribution in [0.4, 0.5) is 4.79 Å². The largest absolute Gasteiger partial charge is 0.444 e. The van der Waals surface area contributed by atoms with Gasteiger partial charge in [-0.15, -0.1) is 0 Å². The molecular formula is C15H27NO4. The lowest BCUT2D eigenvalue weighted by molar-refractivity contribution is -0.0133. The maximum absolute atomic E-state index is 12.1. The molecule has 20 heavy (non-hydrogen) atoms. The molecule has 0 aromatic heterocycles. The molecule has 1 spiro atoms. The number of nitrogens with zero attached hydrogens (tertiary/aromatic N) is 1. The molecular weight excluding hydrogens is 258 g/mol. The minimum atomic E-state index is -0.471. The molecule has 5 heteroatoms. The normalized spacial score (nSPS) is 32.6. The van der Waals surface area contributed by atoms with E-state index in [0.717, 1.165) is 12.8 Å². The molecule has 0 bridgehead atoms. The van der Waals surface area contributed by atoms with Gasteiger partial charge >= 0.3 is 6.09 Å². The van der Waals surface area contributed by atoms with Crippen molar-refractivity contribution in [3.8, 4) is 0 Å². The van der Waals surface area contributed by atoms with Crippen LogP contribution in [0.5, 0.6) is 0 Å². The average Bonchev–Trinajstić information content (AvgIpc) is 2.80. The summed E-state index contributed by atoms with van der Waals surface area (Å²) in [6, 6.07) is 0.0577. The highest BCUT2D eigenvalue weighted by Crippen LogP contribution is 2.42. The Balaban J connectivity index is 1.94. The number of hydrogen-bond donors (Lipinski definition) is 0. The van der Waals surface area contributed by atoms with E-state index >= 15 is 0 Å². The Labute approximate surface area is 121 Å². The molecule has 2 atom stereocenters. The van der Waals surface area contributed by atoms with Crippen LogP contribution in [0.1, 0.15) is 47.5 Å². The highest BCUT2D eigenvalue weighted by Gasteiger charge is 2.51. The van der Waals surface area contributed by atoms with E-state index in [2.05, 4.69) is 13.8 Å². The Bertz CT molecular complexity index is 388. The molecule has 116 valence electrons. The minimum absolute atomic E-state index is 0.0577. The number of likely N-dealkylation sites (N-methyl/N-ethyl adjacent to an activating group) is 1. The molecule has 2 aliphatic heterocycles. The summed E-state index contributed by atoms with van der Waals surface area (Å²) >= 11 is 0. The molecule has 1 amide bonds. The Morgan fingerprint density at radius 1 is 1.30 bits per heavy atom. The highest BCUT2D eigenvalue weighted by molar-refractivity contribution is 5.68. The topological polar surface area (TPSA) is 48.0 Å². The summed E-state index contributed by atoms with van der Waals surface area (Å²) in [7, 11) is 1.78. The van der Waals surface area contributed by atoms with Gasteiger partial charge in [-0.25, -0.2) is 4.79 Å². The van der Waals surface area contributed by atoms with Crippen LogP contribution in [0.25, 0.3) is 0 Å². The molecule has 5 nitrogen and oxygen atoms in total. The van der Waals surface area contributed by atoms with Crippen molar-refractivity contribution in [3.05, 3.63) is 0 Å². The van der Waals surface area contributed by atoms with Gasteiger partial charge in [-0.2, -0.15) is 0 Å². The molecule has 0 radical (unpaired) electrons. The van der Waals surface area contributed by atoms with Crippen LogP contribution in [0, 0.1) is 0 Å². The van der Waals surface area contributed by atoms with Crippen molar-refractivity contribution >= 4 is 6.09 Å². The smallest absolute Gasteiger partial charge is 0.410 e. The van der Waals surface area contributed by atoms with Crippen molar-refractivity contribution in [2.75, 3.05) is 20.3 Å². The van der Waals surface area contributed by atoms with Crippen molar-refractivity contribution in [3.63, 3.8) is 0 Å². The molecule has 2 aliphatic rings. The predicted molar refractivity (Wildman–Crippen MR) is 75.7 cm³/mol. The van der Waals surface area contributed by atoms with E-state index in [1.54, 1.807) is 11.9 Å². The van der Waals surface area contributed by atoms with Crippen LogP contribution in [0.3, 0.4) is 0 Å². The van der Waals surface area contributed by atoms with Crippen molar-refractivity contribution < 1.29 is 19.0 Å². The van der Waals surface area contributed by atoms with E-state index in [-0.39, 0.29) is 23.3 Å². The third-order valence-electron chi connectivity index (χ3n) is 3.89. The lowest BCUT2D eigenvalue weighted by Gasteiger charge is -2.28. The fraction of sp³-hybridized carbons (Fsp3) is 0.933. The van der Waals surface area contributed by atoms with E-state index < -0.39 is 5.60 Å². The van der Waals surface area contributed by atoms with E-state index in [1.165, 1.54) is 0 Å². The maximum atomic E-state index is 12.1. The summed E-state index contributed by atoms with van der Waals surface area (Å²) in [5.41, 5.74) is -0.842. The number of amides is 1. The maximum Gasteiger partial charge on any atom is 0.410 e. The molecule has 0 aliphatic carbocycles. The SMILES string of the molecule is CN(C(=O)OC(C)(C)C)[C@H]1CO[C@@]2(COC(C)(C)C2)C1. The summed E-state index contributed by atoms with van der Waals surface area (Å²) < 4.78 is 17.2. The highest BCUT2D eigenvalue weighted by atomic mass is 16.6. The number of carbonyl (C=O) groups excluding carboxylic acids is 1. The first-order valence-corrected chi connectivity index (χ1v) is 7.26. The molecule has 0 aromatic carbocycles. The summed E-state index contributed by atoms with van der Waals surface area (Å²) in [5.74, 6) is 0. The zero-order valence-electron chi connectivity index (χ0n) is 13.5. The lowest BCUT2D eigenvalue weighted by atomic mass is 9.90. The standard InChI is InChI=1S/C15H27NO4/c1-13(2,3)20-12(17)16(6)11-7-15(18-8-11)9-14(4,5)19-10-15/h11H,7-10H2,1-6H3/t11-,15+/m1/s1. The molecule has 0 saturated carbocycles. The molecule has 0 aromatic rings. The number of hydrogen-bond acceptors (Lipinski definition) is 4. The summed E-state index contributed by atoms with van der Waals surface area (Å²) in [6.07, 6.45) is 1.39. The third-order valence-corrected chi connectivity index (χ3v) is 3.89. The number of rotatable bonds is 1. The van der Waals surface area contributed by atoms with Gasteiger partial charge in [-0.05, 0) is 34.6 Å². The summed E-state index contributed by atoms with van der Waals surface area (Å²) in [6.45, 7) is 10.9. The van der Waals surface area contributed by atoms with Gasteiger partial charge in [-0.1, -0.05) is 0 Å². The van der Waals surface area contributed by atoms with Crippen molar-refractivity contribution in [2.24, 2.45) is 0 Å². The van der Waals surface area contributed by atoms with Gasteiger partial charge in [0.05, 0.1) is 30.5 Å². The van der Waals surface area contributed by atoms with E-state index in [9.17, 15) is 4.79 Å². The molecule has 2 heterocycles. The molecule has 0 N–H and O–H groups in total. The zero-order chi connectivity index (χ0) is 15.2. The number of carbonyl (C=O) groups is 1. The third kappa shape index (κ3) is 3.44. The van der Waals surface area contributed by atoms with Crippen LogP contribution in [-0.4, -0.2) is 54.1 Å². The van der Waals surface area contributed by atoms with Crippen LogP contribution in [0.2, 0.25) is 0 Å². The molecule has 2 fully saturated rings. The van der Waals surface area contributed by atoms with Crippen molar-refractivity contribution in [1.29, 1.82) is 0 Å². The lowest BCUT2D eigenvalue weighted by Crippen LogP contribution is -2.42. The second-order valence-corrected chi connectivity index (χ2v) is 7.67. The van der Waals surface area contributed by atoms with Gasteiger partial charge in [-0.3, -0.25) is 0 Å². The fourth-order valence-electron chi connectivity index (χ4n) is 2.98. The van der Waals surface area contributed by atoms with E-state index in [1.807, 2.05) is 20.8 Å². The van der Waals surface area contributed by atoms with Gasteiger partial charge in [0.1, 0.15) is 5.60 Å². The second kappa shape index (κ2) is 4.88. The number of ether oxygens (including phenoxy) is 3. The fourth-order valence-corrected chi connectivity index (χ4v) is 2.98. The van der Waals surface area contributed by atoms with Gasteiger partial charge in [0, 0.05) is 19.9 Å². The first-order chi connectivity index (χ1) is 9.02. The minimum Gasteiger partial charge on any atom is -0.444 e. The van der Waals surface area contributed by atoms with Crippen molar-refractivity contribution in [2.45, 2.75) is 70.3 Å². The summed E-state index contributed by atoms with van der Waals surface area (Å²) in [4.78, 5) is 13.8. The monoisotopic (exact) mass is 285 g/mol. The summed E-state index contributed by atoms with van der Waals surface area (Å²) in [5, 5.41) is 0. The van der Waals surface area contributed by atoms with Gasteiger partial charge in [0.15, 0.2) is 0 Å². The van der Waals surface area contributed by atoms with Crippen LogP contribution in [0.15, 0.2) is 0 Å². The first-order valence-electron chi connectivity index (χ1n) is 7.26. The van der Waals surface area contributed by atoms with Gasteiger partial charge in [0.2, 0.25) is 0 Å². The van der Waals surface area contributed by atoms with Crippen LogP contribution >= 0.6 is 0 Å². The van der Waals surface area contributed by atoms with E-state index in [4.69, 9.17) is 14.2 Å². The molecule has 2 saturated heterocycles. The average molecular weight is 285 g/mol. The molecule has 2 rings (SSSR count). The quantitative estimate of drug-likeness (QED) is 0.743. The Kier molecular flexibility index (Phi) is 3.80. The van der Waals surface area contributed by atoms with Gasteiger partial charge in [0.25, 0.3) is 0 Å². The Morgan fingerprint density at radius 2 is 1.95 bits per heavy atom. The van der Waals surface area contributed by atoms with Crippen LogP contribution < -0.4 is 0 Å². The zero-order valence-corrected chi connectivity index (χ0v) is 13.5. The predicted octanol–water partition coefficient (Wildman–Crippen LogP) is 2.58. The van der Waals surface area contributed by atoms with Gasteiger partial charge < -0.3 is 19.1 Å².